The molecule has 0 amide bonds. The highest BCUT2D eigenvalue weighted by Crippen LogP contribution is 2.60. The Morgan fingerprint density at radius 1 is 1.24 bits per heavy atom. The molecule has 6 atom stereocenters. The van der Waals surface area contributed by atoms with Crippen molar-refractivity contribution in [3.05, 3.63) is 11.3 Å². The second kappa shape index (κ2) is 6.07. The molecular weight excluding hydrogens is 320 g/mol. The molecule has 0 unspecified atom stereocenters. The molecule has 0 aromatic rings. The molecule has 1 aliphatic carbocycles. The summed E-state index contributed by atoms with van der Waals surface area (Å²) in [5, 5.41) is 0. The summed E-state index contributed by atoms with van der Waals surface area (Å²) in [5.74, 6) is 0.792. The van der Waals surface area contributed by atoms with Gasteiger partial charge < -0.3 is 9.47 Å². The van der Waals surface area contributed by atoms with Crippen LogP contribution in [0.5, 0.6) is 0 Å². The SMILES string of the molecule is CCCCC(=O)C1=C(C)[C@@H]2CC[C@@H](C)[C@@H]3CC[C@@]4(C)OO[C@@]23[C@H](O1)O4. The van der Waals surface area contributed by atoms with Gasteiger partial charge in [-0.05, 0) is 51.0 Å². The van der Waals surface area contributed by atoms with Gasteiger partial charge in [-0.1, -0.05) is 20.3 Å². The summed E-state index contributed by atoms with van der Waals surface area (Å²) in [6.07, 6.45) is 5.77. The largest absolute Gasteiger partial charge is 0.458 e. The molecule has 0 N–H and O–H groups in total. The second-order valence-corrected chi connectivity index (χ2v) is 8.51. The maximum absolute atomic E-state index is 12.7. The maximum Gasteiger partial charge on any atom is 0.236 e. The highest BCUT2D eigenvalue weighted by atomic mass is 17.3. The van der Waals surface area contributed by atoms with Crippen LogP contribution in [-0.2, 0) is 24.0 Å². The van der Waals surface area contributed by atoms with Gasteiger partial charge in [-0.2, -0.15) is 0 Å². The van der Waals surface area contributed by atoms with E-state index in [1.807, 2.05) is 13.8 Å². The average molecular weight is 350 g/mol. The predicted molar refractivity (Wildman–Crippen MR) is 91.1 cm³/mol. The molecule has 3 saturated heterocycles. The lowest BCUT2D eigenvalue weighted by Gasteiger charge is -2.57. The first-order valence-electron chi connectivity index (χ1n) is 9.86. The number of fused-ring (bicyclic) bond motifs is 2. The Labute approximate surface area is 150 Å². The van der Waals surface area contributed by atoms with Gasteiger partial charge >= 0.3 is 0 Å². The Kier molecular flexibility index (Phi) is 4.25. The molecule has 4 fully saturated rings. The quantitative estimate of drug-likeness (QED) is 0.709. The van der Waals surface area contributed by atoms with Gasteiger partial charge in [0.1, 0.15) is 0 Å². The van der Waals surface area contributed by atoms with E-state index in [4.69, 9.17) is 19.2 Å². The van der Waals surface area contributed by atoms with Gasteiger partial charge in [0.2, 0.25) is 12.1 Å². The van der Waals surface area contributed by atoms with Crippen LogP contribution in [0.2, 0.25) is 0 Å². The number of ketones is 1. The van der Waals surface area contributed by atoms with Crippen LogP contribution in [0.15, 0.2) is 11.3 Å². The Bertz CT molecular complexity index is 599. The summed E-state index contributed by atoms with van der Waals surface area (Å²) >= 11 is 0. The van der Waals surface area contributed by atoms with E-state index in [1.54, 1.807) is 0 Å². The van der Waals surface area contributed by atoms with E-state index >= 15 is 0 Å². The Hall–Kier alpha value is -0.910. The van der Waals surface area contributed by atoms with E-state index in [2.05, 4.69) is 13.8 Å². The van der Waals surface area contributed by atoms with Gasteiger partial charge in [-0.25, -0.2) is 9.78 Å². The Balaban J connectivity index is 1.75. The summed E-state index contributed by atoms with van der Waals surface area (Å²) in [4.78, 5) is 24.6. The molecular formula is C20H30O5. The topological polar surface area (TPSA) is 54.0 Å². The van der Waals surface area contributed by atoms with E-state index in [-0.39, 0.29) is 11.7 Å². The number of unbranched alkanes of at least 4 members (excludes halogenated alkanes) is 1. The van der Waals surface area contributed by atoms with Crippen LogP contribution in [0.1, 0.15) is 72.6 Å². The van der Waals surface area contributed by atoms with Crippen molar-refractivity contribution in [3.8, 4) is 0 Å². The minimum atomic E-state index is -0.791. The minimum Gasteiger partial charge on any atom is -0.458 e. The number of allylic oxidation sites excluding steroid dienone is 1. The van der Waals surface area contributed by atoms with Crippen molar-refractivity contribution in [3.63, 3.8) is 0 Å². The summed E-state index contributed by atoms with van der Waals surface area (Å²) in [7, 11) is 0. The molecule has 140 valence electrons. The molecule has 4 aliphatic heterocycles. The zero-order valence-corrected chi connectivity index (χ0v) is 15.8. The molecule has 5 heteroatoms. The standard InChI is InChI=1S/C20H30O5/c1-5-6-7-16(21)17-13(3)15-9-8-12(2)14-10-11-19(4)23-18(22-17)20(14,15)25-24-19/h12,14-15,18H,5-11H2,1-4H3/t12-,14+,15+,18-,19-,20-/m1/s1. The van der Waals surface area contributed by atoms with Gasteiger partial charge in [0.15, 0.2) is 17.1 Å². The van der Waals surface area contributed by atoms with Crippen molar-refractivity contribution >= 4 is 5.78 Å². The monoisotopic (exact) mass is 350 g/mol. The van der Waals surface area contributed by atoms with E-state index in [9.17, 15) is 4.79 Å². The Morgan fingerprint density at radius 3 is 2.80 bits per heavy atom. The number of ether oxygens (including phenoxy) is 2. The van der Waals surface area contributed by atoms with Crippen LogP contribution in [0.4, 0.5) is 0 Å². The molecule has 0 radical (unpaired) electrons. The van der Waals surface area contributed by atoms with Crippen molar-refractivity contribution in [2.75, 3.05) is 0 Å². The molecule has 25 heavy (non-hydrogen) atoms. The predicted octanol–water partition coefficient (Wildman–Crippen LogP) is 4.27. The van der Waals surface area contributed by atoms with Crippen LogP contribution in [0, 0.1) is 17.8 Å². The zero-order valence-electron chi connectivity index (χ0n) is 15.8. The lowest BCUT2D eigenvalue weighted by atomic mass is 9.59. The summed E-state index contributed by atoms with van der Waals surface area (Å²) in [6.45, 7) is 8.32. The zero-order chi connectivity index (χ0) is 17.8. The molecule has 5 nitrogen and oxygen atoms in total. The lowest BCUT2D eigenvalue weighted by Crippen LogP contribution is -2.66. The highest BCUT2D eigenvalue weighted by molar-refractivity contribution is 5.94. The van der Waals surface area contributed by atoms with Gasteiger partial charge in [0.05, 0.1) is 0 Å². The summed E-state index contributed by atoms with van der Waals surface area (Å²) in [6, 6.07) is 0. The molecule has 5 aliphatic rings. The van der Waals surface area contributed by atoms with E-state index < -0.39 is 17.7 Å². The maximum atomic E-state index is 12.7. The van der Waals surface area contributed by atoms with Gasteiger partial charge in [-0.3, -0.25) is 4.79 Å². The van der Waals surface area contributed by atoms with E-state index in [1.165, 1.54) is 0 Å². The summed E-state index contributed by atoms with van der Waals surface area (Å²) < 4.78 is 12.5. The molecule has 0 aromatic heterocycles. The second-order valence-electron chi connectivity index (χ2n) is 8.51. The molecule has 1 saturated carbocycles. The fraction of sp³-hybridized carbons (Fsp3) is 0.850. The van der Waals surface area contributed by atoms with Gasteiger partial charge in [-0.15, -0.1) is 0 Å². The third-order valence-electron chi connectivity index (χ3n) is 6.83. The van der Waals surface area contributed by atoms with Crippen LogP contribution >= 0.6 is 0 Å². The van der Waals surface area contributed by atoms with Crippen LogP contribution < -0.4 is 0 Å². The first-order valence-corrected chi connectivity index (χ1v) is 9.86. The number of hydrogen-bond donors (Lipinski definition) is 0. The molecule has 5 rings (SSSR count). The summed E-state index contributed by atoms with van der Waals surface area (Å²) in [5.41, 5.74) is 0.402. The van der Waals surface area contributed by atoms with Crippen molar-refractivity contribution in [2.45, 2.75) is 90.3 Å². The fourth-order valence-electron chi connectivity index (χ4n) is 5.35. The van der Waals surface area contributed by atoms with Crippen molar-refractivity contribution in [1.82, 2.24) is 0 Å². The van der Waals surface area contributed by atoms with Gasteiger partial charge in [0, 0.05) is 24.7 Å². The average Bonchev–Trinajstić information content (AvgIpc) is 2.82. The lowest BCUT2D eigenvalue weighted by molar-refractivity contribution is -0.555. The van der Waals surface area contributed by atoms with E-state index in [0.29, 0.717) is 24.0 Å². The number of rotatable bonds is 4. The fourth-order valence-corrected chi connectivity index (χ4v) is 5.35. The number of carbonyl (C=O) groups excluding carboxylic acids is 1. The normalized spacial score (nSPS) is 45.6. The van der Waals surface area contributed by atoms with Crippen molar-refractivity contribution in [2.24, 2.45) is 17.8 Å². The van der Waals surface area contributed by atoms with Crippen LogP contribution in [0.3, 0.4) is 0 Å². The van der Waals surface area contributed by atoms with Crippen molar-refractivity contribution < 1.29 is 24.0 Å². The first kappa shape index (κ1) is 17.5. The van der Waals surface area contributed by atoms with Crippen molar-refractivity contribution in [1.29, 1.82) is 0 Å². The van der Waals surface area contributed by atoms with E-state index in [0.717, 1.165) is 44.1 Å². The number of Topliss-reactive ketones (excluding diaryl/α,β-unsaturated/α-hetero) is 1. The van der Waals surface area contributed by atoms with Crippen LogP contribution in [-0.4, -0.2) is 23.5 Å². The molecule has 4 heterocycles. The van der Waals surface area contributed by atoms with Gasteiger partial charge in [0.25, 0.3) is 0 Å². The third kappa shape index (κ3) is 2.50. The Morgan fingerprint density at radius 2 is 2.04 bits per heavy atom. The highest BCUT2D eigenvalue weighted by Gasteiger charge is 2.68. The smallest absolute Gasteiger partial charge is 0.236 e. The minimum absolute atomic E-state index is 0.0964. The number of carbonyl (C=O) groups is 1. The molecule has 0 aromatic carbocycles. The third-order valence-corrected chi connectivity index (χ3v) is 6.83. The van der Waals surface area contributed by atoms with Crippen LogP contribution in [0.25, 0.3) is 0 Å². The first-order chi connectivity index (χ1) is 11.9. The molecule has 2 bridgehead atoms. The number of hydrogen-bond acceptors (Lipinski definition) is 5. The molecule has 1 spiro atoms.